The molecule has 110 valence electrons. The molecule has 1 aromatic carbocycles. The molecule has 1 amide bonds. The van der Waals surface area contributed by atoms with Gasteiger partial charge in [-0.3, -0.25) is 9.59 Å². The Morgan fingerprint density at radius 1 is 1.15 bits per heavy atom. The minimum Gasteiger partial charge on any atom is -0.481 e. The van der Waals surface area contributed by atoms with Crippen LogP contribution < -0.4 is 0 Å². The van der Waals surface area contributed by atoms with Crippen molar-refractivity contribution in [3.05, 3.63) is 34.9 Å². The van der Waals surface area contributed by atoms with E-state index in [1.54, 1.807) is 4.90 Å². The van der Waals surface area contributed by atoms with Crippen LogP contribution in [0.1, 0.15) is 41.8 Å². The zero-order valence-corrected chi connectivity index (χ0v) is 12.6. The predicted molar refractivity (Wildman–Crippen MR) is 78.9 cm³/mol. The maximum Gasteiger partial charge on any atom is 0.305 e. The van der Waals surface area contributed by atoms with Crippen LogP contribution in [0.4, 0.5) is 0 Å². The fourth-order valence-corrected chi connectivity index (χ4v) is 2.23. The van der Waals surface area contributed by atoms with Crippen molar-refractivity contribution in [3.8, 4) is 0 Å². The van der Waals surface area contributed by atoms with Crippen LogP contribution in [0.25, 0.3) is 0 Å². The first-order valence-electron chi connectivity index (χ1n) is 6.89. The van der Waals surface area contributed by atoms with Crippen molar-refractivity contribution in [2.24, 2.45) is 5.92 Å². The minimum absolute atomic E-state index is 0.0245. The topological polar surface area (TPSA) is 57.6 Å². The Morgan fingerprint density at radius 2 is 1.70 bits per heavy atom. The van der Waals surface area contributed by atoms with Crippen molar-refractivity contribution in [3.63, 3.8) is 0 Å². The van der Waals surface area contributed by atoms with E-state index in [2.05, 4.69) is 0 Å². The zero-order chi connectivity index (χ0) is 15.3. The Labute approximate surface area is 120 Å². The first-order valence-corrected chi connectivity index (χ1v) is 6.89. The van der Waals surface area contributed by atoms with E-state index in [0.29, 0.717) is 18.0 Å². The van der Waals surface area contributed by atoms with Gasteiger partial charge >= 0.3 is 5.97 Å². The summed E-state index contributed by atoms with van der Waals surface area (Å²) in [5.74, 6) is -0.669. The average Bonchev–Trinajstić information content (AvgIpc) is 2.31. The van der Waals surface area contributed by atoms with Crippen LogP contribution in [0.2, 0.25) is 0 Å². The first kappa shape index (κ1) is 16.2. The lowest BCUT2D eigenvalue weighted by atomic mass is 10.1. The number of amides is 1. The molecule has 0 aliphatic carbocycles. The smallest absolute Gasteiger partial charge is 0.305 e. The van der Waals surface area contributed by atoms with E-state index < -0.39 is 5.97 Å². The molecular weight excluding hydrogens is 254 g/mol. The van der Waals surface area contributed by atoms with E-state index in [4.69, 9.17) is 5.11 Å². The number of aryl methyl sites for hydroxylation is 2. The lowest BCUT2D eigenvalue weighted by Crippen LogP contribution is -2.36. The van der Waals surface area contributed by atoms with E-state index in [-0.39, 0.29) is 18.9 Å². The van der Waals surface area contributed by atoms with E-state index in [1.165, 1.54) is 0 Å². The lowest BCUT2D eigenvalue weighted by Gasteiger charge is -2.24. The van der Waals surface area contributed by atoms with Gasteiger partial charge < -0.3 is 10.0 Å². The molecule has 4 heteroatoms. The number of carbonyl (C=O) groups excluding carboxylic acids is 1. The molecule has 0 spiro atoms. The van der Waals surface area contributed by atoms with Crippen LogP contribution in [0, 0.1) is 19.8 Å². The number of nitrogens with zero attached hydrogens (tertiary/aromatic N) is 1. The fraction of sp³-hybridized carbons (Fsp3) is 0.500. The molecule has 0 aliphatic heterocycles. The summed E-state index contributed by atoms with van der Waals surface area (Å²) in [6, 6.07) is 5.72. The molecule has 0 unspecified atom stereocenters. The van der Waals surface area contributed by atoms with Crippen LogP contribution in [0.5, 0.6) is 0 Å². The number of aliphatic carboxylic acids is 1. The molecule has 0 fully saturated rings. The molecule has 0 atom stereocenters. The van der Waals surface area contributed by atoms with Gasteiger partial charge in [0.05, 0.1) is 6.42 Å². The maximum atomic E-state index is 12.5. The van der Waals surface area contributed by atoms with Gasteiger partial charge in [0.1, 0.15) is 0 Å². The second-order valence-corrected chi connectivity index (χ2v) is 5.67. The van der Waals surface area contributed by atoms with Gasteiger partial charge in [0.2, 0.25) is 0 Å². The van der Waals surface area contributed by atoms with Crippen molar-refractivity contribution < 1.29 is 14.7 Å². The molecule has 4 nitrogen and oxygen atoms in total. The second-order valence-electron chi connectivity index (χ2n) is 5.67. The number of rotatable bonds is 6. The Balaban J connectivity index is 2.93. The number of carboxylic acids is 1. The number of hydrogen-bond donors (Lipinski definition) is 1. The number of carbonyl (C=O) groups is 2. The van der Waals surface area contributed by atoms with E-state index in [0.717, 1.165) is 11.1 Å². The molecule has 0 radical (unpaired) electrons. The molecule has 1 N–H and O–H groups in total. The summed E-state index contributed by atoms with van der Waals surface area (Å²) in [6.45, 7) is 8.76. The van der Waals surface area contributed by atoms with Crippen LogP contribution in [0.15, 0.2) is 18.2 Å². The Bertz CT molecular complexity index is 474. The van der Waals surface area contributed by atoms with Crippen molar-refractivity contribution in [2.75, 3.05) is 13.1 Å². The number of carboxylic acid groups (broad SMARTS) is 1. The number of hydrogen-bond acceptors (Lipinski definition) is 2. The summed E-state index contributed by atoms with van der Waals surface area (Å²) in [4.78, 5) is 24.9. The first-order chi connectivity index (χ1) is 9.29. The predicted octanol–water partition coefficient (Wildman–Crippen LogP) is 2.88. The Morgan fingerprint density at radius 3 is 2.15 bits per heavy atom. The summed E-state index contributed by atoms with van der Waals surface area (Å²) in [7, 11) is 0. The van der Waals surface area contributed by atoms with Crippen LogP contribution in [0.3, 0.4) is 0 Å². The summed E-state index contributed by atoms with van der Waals surface area (Å²) >= 11 is 0. The molecule has 1 rings (SSSR count). The highest BCUT2D eigenvalue weighted by Crippen LogP contribution is 2.13. The SMILES string of the molecule is Cc1cc(C)cc(C(=O)N(CCC(=O)O)CC(C)C)c1. The van der Waals surface area contributed by atoms with Gasteiger partial charge in [-0.25, -0.2) is 0 Å². The molecule has 0 saturated carbocycles. The monoisotopic (exact) mass is 277 g/mol. The molecule has 0 saturated heterocycles. The molecule has 0 bridgehead atoms. The van der Waals surface area contributed by atoms with E-state index >= 15 is 0 Å². The molecule has 0 aromatic heterocycles. The minimum atomic E-state index is -0.882. The molecule has 20 heavy (non-hydrogen) atoms. The maximum absolute atomic E-state index is 12.5. The molecule has 0 aliphatic rings. The highest BCUT2D eigenvalue weighted by molar-refractivity contribution is 5.94. The zero-order valence-electron chi connectivity index (χ0n) is 12.6. The van der Waals surface area contributed by atoms with E-state index in [9.17, 15) is 9.59 Å². The van der Waals surface area contributed by atoms with Crippen LogP contribution >= 0.6 is 0 Å². The second kappa shape index (κ2) is 7.08. The fourth-order valence-electron chi connectivity index (χ4n) is 2.23. The number of benzene rings is 1. The van der Waals surface area contributed by atoms with Gasteiger partial charge in [-0.1, -0.05) is 31.0 Å². The van der Waals surface area contributed by atoms with Gasteiger partial charge in [0.15, 0.2) is 0 Å². The third-order valence-corrected chi connectivity index (χ3v) is 2.94. The van der Waals surface area contributed by atoms with Gasteiger partial charge in [0, 0.05) is 18.7 Å². The van der Waals surface area contributed by atoms with Crippen molar-refractivity contribution in [1.29, 1.82) is 0 Å². The van der Waals surface area contributed by atoms with Crippen molar-refractivity contribution in [2.45, 2.75) is 34.1 Å². The quantitative estimate of drug-likeness (QED) is 0.869. The Hall–Kier alpha value is -1.84. The largest absolute Gasteiger partial charge is 0.481 e. The van der Waals surface area contributed by atoms with E-state index in [1.807, 2.05) is 45.9 Å². The summed E-state index contributed by atoms with van der Waals surface area (Å²) in [6.07, 6.45) is -0.0245. The average molecular weight is 277 g/mol. The van der Waals surface area contributed by atoms with Gasteiger partial charge in [-0.05, 0) is 31.9 Å². The standard InChI is InChI=1S/C16H23NO3/c1-11(2)10-17(6-5-15(18)19)16(20)14-8-12(3)7-13(4)9-14/h7-9,11H,5-6,10H2,1-4H3,(H,18,19). The molecular formula is C16H23NO3. The van der Waals surface area contributed by atoms with Crippen molar-refractivity contribution >= 4 is 11.9 Å². The van der Waals surface area contributed by atoms with Gasteiger partial charge in [-0.15, -0.1) is 0 Å². The third kappa shape index (κ3) is 5.03. The molecule has 1 aromatic rings. The molecule has 0 heterocycles. The van der Waals surface area contributed by atoms with Crippen molar-refractivity contribution in [1.82, 2.24) is 4.90 Å². The summed E-state index contributed by atoms with van der Waals surface area (Å²) < 4.78 is 0. The summed E-state index contributed by atoms with van der Waals surface area (Å²) in [5, 5.41) is 8.80. The summed E-state index contributed by atoms with van der Waals surface area (Å²) in [5.41, 5.74) is 2.71. The van der Waals surface area contributed by atoms with Gasteiger partial charge in [0.25, 0.3) is 5.91 Å². The Kier molecular flexibility index (Phi) is 5.74. The lowest BCUT2D eigenvalue weighted by molar-refractivity contribution is -0.137. The van der Waals surface area contributed by atoms with Crippen LogP contribution in [-0.4, -0.2) is 35.0 Å². The normalized spacial score (nSPS) is 10.7. The third-order valence-electron chi connectivity index (χ3n) is 2.94. The highest BCUT2D eigenvalue weighted by Gasteiger charge is 2.18. The van der Waals surface area contributed by atoms with Crippen LogP contribution in [-0.2, 0) is 4.79 Å². The van der Waals surface area contributed by atoms with Gasteiger partial charge in [-0.2, -0.15) is 0 Å². The highest BCUT2D eigenvalue weighted by atomic mass is 16.4.